The fourth-order valence-electron chi connectivity index (χ4n) is 2.19. The lowest BCUT2D eigenvalue weighted by Gasteiger charge is -2.29. The summed E-state index contributed by atoms with van der Waals surface area (Å²) in [6, 6.07) is 5.84. The van der Waals surface area contributed by atoms with Crippen LogP contribution in [0.25, 0.3) is 0 Å². The van der Waals surface area contributed by atoms with Gasteiger partial charge in [0.15, 0.2) is 0 Å². The van der Waals surface area contributed by atoms with Crippen LogP contribution in [0.15, 0.2) is 18.2 Å². The highest BCUT2D eigenvalue weighted by molar-refractivity contribution is 5.93. The smallest absolute Gasteiger partial charge is 0.221 e. The predicted octanol–water partition coefficient (Wildman–Crippen LogP) is 2.22. The van der Waals surface area contributed by atoms with Crippen LogP contribution in [0, 0.1) is 0 Å². The van der Waals surface area contributed by atoms with E-state index in [4.69, 9.17) is 5.73 Å². The lowest BCUT2D eigenvalue weighted by atomic mass is 10.1. The minimum Gasteiger partial charge on any atom is -0.397 e. The second-order valence-electron chi connectivity index (χ2n) is 4.50. The summed E-state index contributed by atoms with van der Waals surface area (Å²) in [5.41, 5.74) is 8.30. The molecule has 0 spiro atoms. The molecule has 1 fully saturated rings. The summed E-state index contributed by atoms with van der Waals surface area (Å²) in [6.45, 7) is 3.67. The number of hydrogen-bond donors (Lipinski definition) is 2. The highest BCUT2D eigenvalue weighted by atomic mass is 16.1. The molecule has 17 heavy (non-hydrogen) atoms. The molecule has 0 aliphatic carbocycles. The van der Waals surface area contributed by atoms with Crippen molar-refractivity contribution < 1.29 is 4.79 Å². The van der Waals surface area contributed by atoms with Crippen molar-refractivity contribution in [3.63, 3.8) is 0 Å². The lowest BCUT2D eigenvalue weighted by molar-refractivity contribution is -0.114. The van der Waals surface area contributed by atoms with Crippen molar-refractivity contribution in [2.75, 3.05) is 29.0 Å². The maximum atomic E-state index is 11.1. The highest BCUT2D eigenvalue weighted by Gasteiger charge is 2.12. The third-order valence-corrected chi connectivity index (χ3v) is 3.07. The number of piperidine rings is 1. The molecule has 0 saturated carbocycles. The second kappa shape index (κ2) is 5.08. The fourth-order valence-corrected chi connectivity index (χ4v) is 2.19. The van der Waals surface area contributed by atoms with E-state index in [0.29, 0.717) is 11.4 Å². The molecule has 2 rings (SSSR count). The third-order valence-electron chi connectivity index (χ3n) is 3.07. The average molecular weight is 233 g/mol. The van der Waals surface area contributed by atoms with Crippen LogP contribution in [0.5, 0.6) is 0 Å². The van der Waals surface area contributed by atoms with Crippen LogP contribution in [0.1, 0.15) is 26.2 Å². The van der Waals surface area contributed by atoms with Crippen LogP contribution < -0.4 is 16.0 Å². The van der Waals surface area contributed by atoms with Crippen LogP contribution in [0.4, 0.5) is 17.1 Å². The van der Waals surface area contributed by atoms with Gasteiger partial charge in [-0.05, 0) is 37.5 Å². The second-order valence-corrected chi connectivity index (χ2v) is 4.50. The monoisotopic (exact) mass is 233 g/mol. The number of nitrogen functional groups attached to an aromatic ring is 1. The van der Waals surface area contributed by atoms with E-state index < -0.39 is 0 Å². The van der Waals surface area contributed by atoms with Gasteiger partial charge in [-0.1, -0.05) is 0 Å². The SMILES string of the molecule is CC(=O)Nc1cc(N2CCCCC2)ccc1N. The molecule has 4 heteroatoms. The van der Waals surface area contributed by atoms with Gasteiger partial charge < -0.3 is 16.0 Å². The van der Waals surface area contributed by atoms with E-state index in [1.54, 1.807) is 0 Å². The zero-order chi connectivity index (χ0) is 12.3. The van der Waals surface area contributed by atoms with E-state index >= 15 is 0 Å². The zero-order valence-electron chi connectivity index (χ0n) is 10.2. The maximum Gasteiger partial charge on any atom is 0.221 e. The van der Waals surface area contributed by atoms with Crippen molar-refractivity contribution in [2.45, 2.75) is 26.2 Å². The highest BCUT2D eigenvalue weighted by Crippen LogP contribution is 2.27. The molecule has 0 atom stereocenters. The Hall–Kier alpha value is -1.71. The molecule has 1 heterocycles. The number of hydrogen-bond acceptors (Lipinski definition) is 3. The Balaban J connectivity index is 2.20. The number of carbonyl (C=O) groups excluding carboxylic acids is 1. The summed E-state index contributed by atoms with van der Waals surface area (Å²) < 4.78 is 0. The fraction of sp³-hybridized carbons (Fsp3) is 0.462. The molecule has 1 amide bonds. The molecule has 1 aromatic carbocycles. The number of benzene rings is 1. The largest absolute Gasteiger partial charge is 0.397 e. The lowest BCUT2D eigenvalue weighted by Crippen LogP contribution is -2.29. The molecular formula is C13H19N3O. The first kappa shape index (κ1) is 11.8. The van der Waals surface area contributed by atoms with E-state index in [1.165, 1.54) is 26.2 Å². The van der Waals surface area contributed by atoms with Crippen molar-refractivity contribution in [1.29, 1.82) is 0 Å². The topological polar surface area (TPSA) is 58.4 Å². The molecule has 1 aliphatic rings. The number of amides is 1. The summed E-state index contributed by atoms with van der Waals surface area (Å²) >= 11 is 0. The molecule has 92 valence electrons. The molecule has 1 saturated heterocycles. The molecular weight excluding hydrogens is 214 g/mol. The number of carbonyl (C=O) groups is 1. The van der Waals surface area contributed by atoms with Crippen molar-refractivity contribution in [3.8, 4) is 0 Å². The van der Waals surface area contributed by atoms with Gasteiger partial charge in [-0.25, -0.2) is 0 Å². The summed E-state index contributed by atoms with van der Waals surface area (Å²) in [4.78, 5) is 13.4. The van der Waals surface area contributed by atoms with Gasteiger partial charge in [0, 0.05) is 25.7 Å². The molecule has 0 radical (unpaired) electrons. The molecule has 3 N–H and O–H groups in total. The Morgan fingerprint density at radius 1 is 1.29 bits per heavy atom. The van der Waals surface area contributed by atoms with Gasteiger partial charge in [-0.3, -0.25) is 4.79 Å². The maximum absolute atomic E-state index is 11.1. The van der Waals surface area contributed by atoms with Crippen LogP contribution in [-0.4, -0.2) is 19.0 Å². The first-order valence-electron chi connectivity index (χ1n) is 6.09. The Morgan fingerprint density at radius 3 is 2.65 bits per heavy atom. The molecule has 0 bridgehead atoms. The first-order valence-corrected chi connectivity index (χ1v) is 6.09. The van der Waals surface area contributed by atoms with Crippen molar-refractivity contribution in [2.24, 2.45) is 0 Å². The summed E-state index contributed by atoms with van der Waals surface area (Å²) in [7, 11) is 0. The van der Waals surface area contributed by atoms with Crippen LogP contribution in [0.2, 0.25) is 0 Å². The van der Waals surface area contributed by atoms with Crippen molar-refractivity contribution >= 4 is 23.0 Å². The summed E-state index contributed by atoms with van der Waals surface area (Å²) in [6.07, 6.45) is 3.78. The normalized spacial score (nSPS) is 15.7. The Bertz CT molecular complexity index is 411. The number of anilines is 3. The number of nitrogens with zero attached hydrogens (tertiary/aromatic N) is 1. The number of nitrogens with one attached hydrogen (secondary N) is 1. The van der Waals surface area contributed by atoms with Gasteiger partial charge in [0.2, 0.25) is 5.91 Å². The van der Waals surface area contributed by atoms with E-state index in [2.05, 4.69) is 10.2 Å². The van der Waals surface area contributed by atoms with Gasteiger partial charge >= 0.3 is 0 Å². The third kappa shape index (κ3) is 2.90. The first-order chi connectivity index (χ1) is 8.16. The minimum atomic E-state index is -0.0903. The van der Waals surface area contributed by atoms with E-state index in [9.17, 15) is 4.79 Å². The Morgan fingerprint density at radius 2 is 2.00 bits per heavy atom. The molecule has 4 nitrogen and oxygen atoms in total. The number of rotatable bonds is 2. The van der Waals surface area contributed by atoms with Gasteiger partial charge in [0.1, 0.15) is 0 Å². The quantitative estimate of drug-likeness (QED) is 0.770. The predicted molar refractivity (Wildman–Crippen MR) is 71.2 cm³/mol. The van der Waals surface area contributed by atoms with Gasteiger partial charge in [-0.2, -0.15) is 0 Å². The minimum absolute atomic E-state index is 0.0903. The molecule has 0 aromatic heterocycles. The van der Waals surface area contributed by atoms with E-state index in [0.717, 1.165) is 18.8 Å². The average Bonchev–Trinajstić information content (AvgIpc) is 2.32. The van der Waals surface area contributed by atoms with E-state index in [-0.39, 0.29) is 5.91 Å². The standard InChI is InChI=1S/C13H19N3O/c1-10(17)15-13-9-11(5-6-12(13)14)16-7-3-2-4-8-16/h5-6,9H,2-4,7-8,14H2,1H3,(H,15,17). The zero-order valence-corrected chi connectivity index (χ0v) is 10.2. The van der Waals surface area contributed by atoms with E-state index in [1.807, 2.05) is 18.2 Å². The van der Waals surface area contributed by atoms with Crippen LogP contribution in [-0.2, 0) is 4.79 Å². The van der Waals surface area contributed by atoms with Gasteiger partial charge in [0.05, 0.1) is 11.4 Å². The molecule has 1 aliphatic heterocycles. The van der Waals surface area contributed by atoms with Gasteiger partial charge in [0.25, 0.3) is 0 Å². The van der Waals surface area contributed by atoms with Crippen molar-refractivity contribution in [3.05, 3.63) is 18.2 Å². The Kier molecular flexibility index (Phi) is 3.52. The summed E-state index contributed by atoms with van der Waals surface area (Å²) in [5.74, 6) is -0.0903. The molecule has 0 unspecified atom stereocenters. The van der Waals surface area contributed by atoms with Crippen molar-refractivity contribution in [1.82, 2.24) is 0 Å². The van der Waals surface area contributed by atoms with Crippen LogP contribution >= 0.6 is 0 Å². The summed E-state index contributed by atoms with van der Waals surface area (Å²) in [5, 5.41) is 2.76. The Labute approximate surface area is 102 Å². The number of nitrogens with two attached hydrogens (primary N) is 1. The van der Waals surface area contributed by atoms with Gasteiger partial charge in [-0.15, -0.1) is 0 Å². The molecule has 1 aromatic rings. The van der Waals surface area contributed by atoms with Crippen LogP contribution in [0.3, 0.4) is 0 Å².